The van der Waals surface area contributed by atoms with E-state index in [-0.39, 0.29) is 5.69 Å². The van der Waals surface area contributed by atoms with Crippen LogP contribution in [0.4, 0.5) is 0 Å². The van der Waals surface area contributed by atoms with Crippen LogP contribution in [-0.4, -0.2) is 47.2 Å². The monoisotopic (exact) mass is 236 g/mol. The molecule has 2 rings (SSSR count). The van der Waals surface area contributed by atoms with Crippen LogP contribution in [0.15, 0.2) is 18.2 Å². The third-order valence-electron chi connectivity index (χ3n) is 2.81. The van der Waals surface area contributed by atoms with E-state index in [0.29, 0.717) is 18.5 Å². The topological polar surface area (TPSA) is 62.7 Å². The van der Waals surface area contributed by atoms with Crippen molar-refractivity contribution in [2.45, 2.75) is 18.9 Å². The van der Waals surface area contributed by atoms with Gasteiger partial charge >= 0.3 is 5.97 Å². The highest BCUT2D eigenvalue weighted by atomic mass is 16.5. The summed E-state index contributed by atoms with van der Waals surface area (Å²) in [7, 11) is 2.07. The molecular weight excluding hydrogens is 220 g/mol. The second kappa shape index (κ2) is 5.14. The Labute approximate surface area is 100 Å². The summed E-state index contributed by atoms with van der Waals surface area (Å²) < 4.78 is 5.43. The SMILES string of the molecule is CN(CCOc1cccc(C(=O)O)n1)C1CC1. The van der Waals surface area contributed by atoms with Gasteiger partial charge in [0, 0.05) is 18.7 Å². The maximum atomic E-state index is 10.7. The molecule has 1 aliphatic rings. The summed E-state index contributed by atoms with van der Waals surface area (Å²) in [4.78, 5) is 16.8. The summed E-state index contributed by atoms with van der Waals surface area (Å²) in [5.74, 6) is -0.667. The van der Waals surface area contributed by atoms with Crippen LogP contribution < -0.4 is 4.74 Å². The molecule has 0 aromatic carbocycles. The Morgan fingerprint density at radius 1 is 1.59 bits per heavy atom. The maximum Gasteiger partial charge on any atom is 0.354 e. The Kier molecular flexibility index (Phi) is 3.58. The van der Waals surface area contributed by atoms with Crippen molar-refractivity contribution in [1.82, 2.24) is 9.88 Å². The van der Waals surface area contributed by atoms with Crippen LogP contribution in [0.25, 0.3) is 0 Å². The van der Waals surface area contributed by atoms with Gasteiger partial charge in [-0.25, -0.2) is 9.78 Å². The molecule has 1 aromatic heterocycles. The van der Waals surface area contributed by atoms with Crippen molar-refractivity contribution >= 4 is 5.97 Å². The number of nitrogens with zero attached hydrogens (tertiary/aromatic N) is 2. The number of hydrogen-bond donors (Lipinski definition) is 1. The predicted octanol–water partition coefficient (Wildman–Crippen LogP) is 1.25. The van der Waals surface area contributed by atoms with Gasteiger partial charge in [-0.15, -0.1) is 0 Å². The molecule has 0 atom stereocenters. The number of pyridine rings is 1. The number of likely N-dealkylation sites (N-methyl/N-ethyl adjacent to an activating group) is 1. The number of ether oxygens (including phenoxy) is 1. The Morgan fingerprint density at radius 3 is 3.00 bits per heavy atom. The molecule has 1 fully saturated rings. The van der Waals surface area contributed by atoms with E-state index in [1.807, 2.05) is 0 Å². The lowest BCUT2D eigenvalue weighted by Gasteiger charge is -2.15. The van der Waals surface area contributed by atoms with Crippen LogP contribution >= 0.6 is 0 Å². The van der Waals surface area contributed by atoms with Crippen LogP contribution in [0, 0.1) is 0 Å². The van der Waals surface area contributed by atoms with Gasteiger partial charge in [0.1, 0.15) is 6.61 Å². The summed E-state index contributed by atoms with van der Waals surface area (Å²) in [6.45, 7) is 1.37. The molecule has 0 amide bonds. The van der Waals surface area contributed by atoms with Crippen molar-refractivity contribution < 1.29 is 14.6 Å². The molecule has 0 bridgehead atoms. The smallest absolute Gasteiger partial charge is 0.354 e. The standard InChI is InChI=1S/C12H16N2O3/c1-14(9-5-6-9)7-8-17-11-4-2-3-10(13-11)12(15)16/h2-4,9H,5-8H2,1H3,(H,15,16). The average Bonchev–Trinajstić information content (AvgIpc) is 3.13. The molecule has 0 aliphatic heterocycles. The number of aromatic carboxylic acids is 1. The molecule has 0 saturated heterocycles. The molecule has 1 aliphatic carbocycles. The highest BCUT2D eigenvalue weighted by Gasteiger charge is 2.25. The minimum Gasteiger partial charge on any atom is -0.477 e. The van der Waals surface area contributed by atoms with Crippen LogP contribution in [0.2, 0.25) is 0 Å². The molecule has 92 valence electrons. The molecule has 1 aromatic rings. The molecule has 1 N–H and O–H groups in total. The first-order valence-electron chi connectivity index (χ1n) is 5.70. The minimum atomic E-state index is -1.04. The molecule has 0 radical (unpaired) electrons. The lowest BCUT2D eigenvalue weighted by Crippen LogP contribution is -2.26. The van der Waals surface area contributed by atoms with Gasteiger partial charge in [0.05, 0.1) is 0 Å². The number of aromatic nitrogens is 1. The van der Waals surface area contributed by atoms with E-state index < -0.39 is 5.97 Å². The van der Waals surface area contributed by atoms with Crippen LogP contribution in [0.5, 0.6) is 5.88 Å². The van der Waals surface area contributed by atoms with Crippen molar-refractivity contribution in [2.75, 3.05) is 20.2 Å². The van der Waals surface area contributed by atoms with Crippen molar-refractivity contribution in [2.24, 2.45) is 0 Å². The number of carboxylic acid groups (broad SMARTS) is 1. The zero-order valence-electron chi connectivity index (χ0n) is 9.80. The van der Waals surface area contributed by atoms with Crippen molar-refractivity contribution in [3.8, 4) is 5.88 Å². The van der Waals surface area contributed by atoms with E-state index in [1.165, 1.54) is 18.9 Å². The highest BCUT2D eigenvalue weighted by Crippen LogP contribution is 2.24. The summed E-state index contributed by atoms with van der Waals surface area (Å²) in [5.41, 5.74) is 0.0121. The number of hydrogen-bond acceptors (Lipinski definition) is 4. The van der Waals surface area contributed by atoms with E-state index in [1.54, 1.807) is 12.1 Å². The van der Waals surface area contributed by atoms with E-state index >= 15 is 0 Å². The quantitative estimate of drug-likeness (QED) is 0.805. The summed E-state index contributed by atoms with van der Waals surface area (Å²) in [6, 6.07) is 5.46. The maximum absolute atomic E-state index is 10.7. The van der Waals surface area contributed by atoms with Gasteiger partial charge in [0.2, 0.25) is 5.88 Å². The molecule has 1 saturated carbocycles. The zero-order valence-corrected chi connectivity index (χ0v) is 9.80. The fourth-order valence-corrected chi connectivity index (χ4v) is 1.61. The van der Waals surface area contributed by atoms with Gasteiger partial charge in [0.25, 0.3) is 0 Å². The van der Waals surface area contributed by atoms with Gasteiger partial charge in [-0.05, 0) is 26.0 Å². The Morgan fingerprint density at radius 2 is 2.35 bits per heavy atom. The highest BCUT2D eigenvalue weighted by molar-refractivity contribution is 5.85. The fourth-order valence-electron chi connectivity index (χ4n) is 1.61. The molecule has 0 spiro atoms. The minimum absolute atomic E-state index is 0.0121. The largest absolute Gasteiger partial charge is 0.477 e. The Bertz CT molecular complexity index is 404. The number of carbonyl (C=O) groups is 1. The Balaban J connectivity index is 1.81. The normalized spacial score (nSPS) is 14.9. The molecule has 5 nitrogen and oxygen atoms in total. The molecule has 0 unspecified atom stereocenters. The van der Waals surface area contributed by atoms with Crippen LogP contribution in [0.1, 0.15) is 23.3 Å². The number of rotatable bonds is 6. The predicted molar refractivity (Wildman–Crippen MR) is 62.3 cm³/mol. The van der Waals surface area contributed by atoms with Crippen LogP contribution in [0.3, 0.4) is 0 Å². The van der Waals surface area contributed by atoms with Gasteiger partial charge in [-0.1, -0.05) is 6.07 Å². The van der Waals surface area contributed by atoms with Crippen molar-refractivity contribution in [3.05, 3.63) is 23.9 Å². The number of carboxylic acids is 1. The molecule has 5 heteroatoms. The molecular formula is C12H16N2O3. The second-order valence-electron chi connectivity index (χ2n) is 4.23. The van der Waals surface area contributed by atoms with Crippen molar-refractivity contribution in [1.29, 1.82) is 0 Å². The summed E-state index contributed by atoms with van der Waals surface area (Å²) >= 11 is 0. The lowest BCUT2D eigenvalue weighted by atomic mass is 10.3. The summed E-state index contributed by atoms with van der Waals surface area (Å²) in [6.07, 6.45) is 2.53. The first kappa shape index (κ1) is 11.9. The van der Waals surface area contributed by atoms with Gasteiger partial charge in [-0.2, -0.15) is 0 Å². The third kappa shape index (κ3) is 3.42. The van der Waals surface area contributed by atoms with E-state index in [4.69, 9.17) is 9.84 Å². The average molecular weight is 236 g/mol. The zero-order chi connectivity index (χ0) is 12.3. The Hall–Kier alpha value is -1.62. The van der Waals surface area contributed by atoms with E-state index in [9.17, 15) is 4.79 Å². The lowest BCUT2D eigenvalue weighted by molar-refractivity contribution is 0.0689. The molecule has 17 heavy (non-hydrogen) atoms. The van der Waals surface area contributed by atoms with Crippen molar-refractivity contribution in [3.63, 3.8) is 0 Å². The van der Waals surface area contributed by atoms with Gasteiger partial charge in [0.15, 0.2) is 5.69 Å². The third-order valence-corrected chi connectivity index (χ3v) is 2.81. The first-order chi connectivity index (χ1) is 8.16. The first-order valence-corrected chi connectivity index (χ1v) is 5.70. The fraction of sp³-hybridized carbons (Fsp3) is 0.500. The van der Waals surface area contributed by atoms with E-state index in [2.05, 4.69) is 16.9 Å². The van der Waals surface area contributed by atoms with Crippen LogP contribution in [-0.2, 0) is 0 Å². The molecule has 1 heterocycles. The van der Waals surface area contributed by atoms with E-state index in [0.717, 1.165) is 6.54 Å². The van der Waals surface area contributed by atoms with Gasteiger partial charge in [-0.3, -0.25) is 0 Å². The summed E-state index contributed by atoms with van der Waals surface area (Å²) in [5, 5.41) is 8.78. The van der Waals surface area contributed by atoms with Gasteiger partial charge < -0.3 is 14.7 Å². The second-order valence-corrected chi connectivity index (χ2v) is 4.23.